The Morgan fingerprint density at radius 2 is 2.04 bits per heavy atom. The van der Waals surface area contributed by atoms with Crippen LogP contribution < -0.4 is 5.32 Å². The van der Waals surface area contributed by atoms with Gasteiger partial charge in [0.1, 0.15) is 5.52 Å². The van der Waals surface area contributed by atoms with Gasteiger partial charge in [-0.2, -0.15) is 0 Å². The molecule has 0 aliphatic carbocycles. The van der Waals surface area contributed by atoms with Gasteiger partial charge in [0.05, 0.1) is 10.5 Å². The minimum absolute atomic E-state index is 0.457. The summed E-state index contributed by atoms with van der Waals surface area (Å²) in [6.45, 7) is 1.61. The van der Waals surface area contributed by atoms with E-state index in [0.29, 0.717) is 37.3 Å². The van der Waals surface area contributed by atoms with Gasteiger partial charge in [0.2, 0.25) is 5.95 Å². The van der Waals surface area contributed by atoms with Crippen LogP contribution in [0.5, 0.6) is 0 Å². The number of benzene rings is 2. The fraction of sp³-hybridized carbons (Fsp3) is 0.158. The summed E-state index contributed by atoms with van der Waals surface area (Å²) in [6.07, 6.45) is 3.60. The van der Waals surface area contributed by atoms with Crippen LogP contribution >= 0.6 is 34.8 Å². The molecule has 1 aliphatic rings. The number of aryl methyl sites for hydroxylation is 1. The molecule has 0 amide bonds. The van der Waals surface area contributed by atoms with Gasteiger partial charge in [-0.1, -0.05) is 40.9 Å². The summed E-state index contributed by atoms with van der Waals surface area (Å²) in [5, 5.41) is 13.8. The summed E-state index contributed by atoms with van der Waals surface area (Å²) < 4.78 is 2.03. The number of rotatable bonds is 3. The maximum absolute atomic E-state index is 11.1. The molecule has 138 valence electrons. The van der Waals surface area contributed by atoms with Crippen molar-refractivity contribution in [3.8, 4) is 11.1 Å². The number of nitrogens with zero attached hydrogens (tertiary/aromatic N) is 2. The first-order chi connectivity index (χ1) is 13.0. The van der Waals surface area contributed by atoms with Crippen molar-refractivity contribution in [2.75, 3.05) is 11.9 Å². The quantitative estimate of drug-likeness (QED) is 0.541. The lowest BCUT2D eigenvalue weighted by atomic mass is 10.0. The molecule has 0 bridgehead atoms. The highest BCUT2D eigenvalue weighted by molar-refractivity contribution is 6.40. The first-order valence-corrected chi connectivity index (χ1v) is 9.42. The summed E-state index contributed by atoms with van der Waals surface area (Å²) in [5.74, 6) is -0.303. The number of imidazole rings is 1. The van der Waals surface area contributed by atoms with Crippen molar-refractivity contribution < 1.29 is 9.90 Å². The second-order valence-corrected chi connectivity index (χ2v) is 7.41. The van der Waals surface area contributed by atoms with Crippen molar-refractivity contribution in [2.24, 2.45) is 0 Å². The molecule has 2 N–H and O–H groups in total. The number of carbonyl (C=O) groups is 1. The molecular formula is C19H14Cl3N3O2. The zero-order valence-corrected chi connectivity index (χ0v) is 16.2. The number of aromatic nitrogens is 2. The molecule has 2 aromatic carbocycles. The first kappa shape index (κ1) is 18.2. The van der Waals surface area contributed by atoms with Crippen LogP contribution in [0.4, 0.5) is 5.95 Å². The number of hydrogen-bond donors (Lipinski definition) is 2. The van der Waals surface area contributed by atoms with E-state index >= 15 is 0 Å². The Morgan fingerprint density at radius 1 is 1.22 bits per heavy atom. The molecule has 1 aliphatic heterocycles. The van der Waals surface area contributed by atoms with Crippen LogP contribution in [-0.2, 0) is 11.3 Å². The number of hydrogen-bond acceptors (Lipinski definition) is 3. The fourth-order valence-corrected chi connectivity index (χ4v) is 4.09. The Balaban J connectivity index is 2.03. The molecule has 0 saturated heterocycles. The van der Waals surface area contributed by atoms with Gasteiger partial charge in [-0.15, -0.1) is 0 Å². The van der Waals surface area contributed by atoms with E-state index in [4.69, 9.17) is 39.9 Å². The van der Waals surface area contributed by atoms with Gasteiger partial charge >= 0.3 is 5.97 Å². The van der Waals surface area contributed by atoms with Gasteiger partial charge in [-0.05, 0) is 30.7 Å². The fourth-order valence-electron chi connectivity index (χ4n) is 3.30. The van der Waals surface area contributed by atoms with Crippen LogP contribution in [0.2, 0.25) is 15.1 Å². The van der Waals surface area contributed by atoms with E-state index in [-0.39, 0.29) is 0 Å². The van der Waals surface area contributed by atoms with Crippen LogP contribution in [0, 0.1) is 0 Å². The SMILES string of the molecule is O=C(O)/C=C/c1cc(-c2ccc(Cl)cc2Cl)c(Cl)c2nc3n(c12)CCCN3. The molecule has 5 nitrogen and oxygen atoms in total. The van der Waals surface area contributed by atoms with Crippen molar-refractivity contribution in [1.82, 2.24) is 9.55 Å². The van der Waals surface area contributed by atoms with Crippen molar-refractivity contribution >= 4 is 63.8 Å². The third-order valence-corrected chi connectivity index (χ3v) is 5.38. The minimum Gasteiger partial charge on any atom is -0.478 e. The van der Waals surface area contributed by atoms with Gasteiger partial charge in [0.25, 0.3) is 0 Å². The molecule has 0 unspecified atom stereocenters. The summed E-state index contributed by atoms with van der Waals surface area (Å²) in [4.78, 5) is 15.7. The predicted octanol–water partition coefficient (Wildman–Crippen LogP) is 5.58. The average Bonchev–Trinajstić information content (AvgIpc) is 3.02. The molecular weight excluding hydrogens is 409 g/mol. The van der Waals surface area contributed by atoms with Gasteiger partial charge in [0.15, 0.2) is 0 Å². The Hall–Kier alpha value is -2.21. The monoisotopic (exact) mass is 421 g/mol. The molecule has 8 heteroatoms. The van der Waals surface area contributed by atoms with Crippen LogP contribution in [0.25, 0.3) is 28.2 Å². The average molecular weight is 423 g/mol. The molecule has 0 saturated carbocycles. The van der Waals surface area contributed by atoms with Crippen molar-refractivity contribution in [3.05, 3.63) is 51.0 Å². The van der Waals surface area contributed by atoms with Crippen LogP contribution in [0.3, 0.4) is 0 Å². The van der Waals surface area contributed by atoms with E-state index in [9.17, 15) is 4.79 Å². The van der Waals surface area contributed by atoms with E-state index in [1.165, 1.54) is 0 Å². The van der Waals surface area contributed by atoms with E-state index in [2.05, 4.69) is 10.3 Å². The van der Waals surface area contributed by atoms with Crippen molar-refractivity contribution in [2.45, 2.75) is 13.0 Å². The van der Waals surface area contributed by atoms with E-state index in [0.717, 1.165) is 37.1 Å². The Labute approximate surface area is 170 Å². The molecule has 4 rings (SSSR count). The maximum Gasteiger partial charge on any atom is 0.328 e. The van der Waals surface area contributed by atoms with Gasteiger partial charge in [-0.25, -0.2) is 9.78 Å². The van der Waals surface area contributed by atoms with Gasteiger partial charge in [-0.3, -0.25) is 0 Å². The molecule has 27 heavy (non-hydrogen) atoms. The molecule has 2 heterocycles. The van der Waals surface area contributed by atoms with E-state index in [1.807, 2.05) is 10.6 Å². The lowest BCUT2D eigenvalue weighted by molar-refractivity contribution is -0.131. The summed E-state index contributed by atoms with van der Waals surface area (Å²) >= 11 is 19.1. The van der Waals surface area contributed by atoms with E-state index < -0.39 is 5.97 Å². The molecule has 0 atom stereocenters. The van der Waals surface area contributed by atoms with Gasteiger partial charge < -0.3 is 15.0 Å². The number of halogens is 3. The number of carboxylic acid groups (broad SMARTS) is 1. The maximum atomic E-state index is 11.1. The number of anilines is 1. The van der Waals surface area contributed by atoms with Gasteiger partial charge in [0, 0.05) is 45.9 Å². The second kappa shape index (κ2) is 7.08. The molecule has 3 aromatic rings. The smallest absolute Gasteiger partial charge is 0.328 e. The van der Waals surface area contributed by atoms with Crippen LogP contribution in [-0.4, -0.2) is 27.2 Å². The molecule has 0 spiro atoms. The van der Waals surface area contributed by atoms with Crippen LogP contribution in [0.1, 0.15) is 12.0 Å². The third kappa shape index (κ3) is 3.27. The largest absolute Gasteiger partial charge is 0.478 e. The van der Waals surface area contributed by atoms with E-state index in [1.54, 1.807) is 24.3 Å². The molecule has 0 fully saturated rings. The minimum atomic E-state index is -1.03. The normalized spacial score (nSPS) is 13.7. The number of nitrogens with one attached hydrogen (secondary N) is 1. The van der Waals surface area contributed by atoms with Crippen LogP contribution in [0.15, 0.2) is 30.3 Å². The summed E-state index contributed by atoms with van der Waals surface area (Å²) in [5.41, 5.74) is 3.49. The Morgan fingerprint density at radius 3 is 2.78 bits per heavy atom. The standard InChI is InChI=1S/C19H14Cl3N3O2/c20-11-3-4-12(14(21)9-11)13-8-10(2-5-15(26)27)18-17(16(13)22)24-19-23-6-1-7-25(18)19/h2-5,8-9H,1,6-7H2,(H,23,24)(H,26,27)/b5-2+. The Kier molecular flexibility index (Phi) is 4.76. The highest BCUT2D eigenvalue weighted by atomic mass is 35.5. The lowest BCUT2D eigenvalue weighted by Gasteiger charge is -2.17. The second-order valence-electron chi connectivity index (χ2n) is 6.19. The highest BCUT2D eigenvalue weighted by Crippen LogP contribution is 2.41. The number of fused-ring (bicyclic) bond motifs is 3. The third-order valence-electron chi connectivity index (χ3n) is 4.45. The highest BCUT2D eigenvalue weighted by Gasteiger charge is 2.22. The topological polar surface area (TPSA) is 67.1 Å². The Bertz CT molecular complexity index is 1110. The van der Waals surface area contributed by atoms with Crippen molar-refractivity contribution in [3.63, 3.8) is 0 Å². The summed E-state index contributed by atoms with van der Waals surface area (Å²) in [7, 11) is 0. The number of carboxylic acids is 1. The molecule has 0 radical (unpaired) electrons. The number of aliphatic carboxylic acids is 1. The first-order valence-electron chi connectivity index (χ1n) is 8.28. The zero-order valence-electron chi connectivity index (χ0n) is 14.0. The zero-order chi connectivity index (χ0) is 19.1. The van der Waals surface area contributed by atoms with Crippen molar-refractivity contribution in [1.29, 1.82) is 0 Å². The lowest BCUT2D eigenvalue weighted by Crippen LogP contribution is -2.17. The predicted molar refractivity (Wildman–Crippen MR) is 110 cm³/mol. The summed E-state index contributed by atoms with van der Waals surface area (Å²) in [6, 6.07) is 7.00. The molecule has 1 aromatic heterocycles.